The third kappa shape index (κ3) is 12.6. The maximum atomic E-state index is 11.2. The second-order valence-electron chi connectivity index (χ2n) is 6.70. The first-order chi connectivity index (χ1) is 9.97. The van der Waals surface area contributed by atoms with Crippen LogP contribution in [0.15, 0.2) is 12.2 Å². The van der Waals surface area contributed by atoms with Crippen LogP contribution < -0.4 is 0 Å². The van der Waals surface area contributed by atoms with Gasteiger partial charge in [0.25, 0.3) is 0 Å². The van der Waals surface area contributed by atoms with E-state index in [4.69, 9.17) is 4.74 Å². The third-order valence-corrected chi connectivity index (χ3v) is 4.12. The molecule has 2 unspecified atom stereocenters. The molecule has 0 aliphatic carbocycles. The van der Waals surface area contributed by atoms with Gasteiger partial charge in [-0.1, -0.05) is 78.7 Å². The van der Waals surface area contributed by atoms with E-state index >= 15 is 0 Å². The Morgan fingerprint density at radius 2 is 1.48 bits per heavy atom. The van der Waals surface area contributed by atoms with Crippen LogP contribution in [-0.4, -0.2) is 12.6 Å². The van der Waals surface area contributed by atoms with E-state index in [0.717, 1.165) is 12.3 Å². The molecule has 0 fully saturated rings. The summed E-state index contributed by atoms with van der Waals surface area (Å²) in [5, 5.41) is 0. The molecular formula is C19H36O2. The van der Waals surface area contributed by atoms with Crippen LogP contribution in [0.5, 0.6) is 0 Å². The fraction of sp³-hybridized carbons (Fsp3) is 0.842. The van der Waals surface area contributed by atoms with Gasteiger partial charge < -0.3 is 4.74 Å². The zero-order valence-electron chi connectivity index (χ0n) is 14.7. The highest BCUT2D eigenvalue weighted by atomic mass is 16.5. The van der Waals surface area contributed by atoms with Crippen molar-refractivity contribution >= 4 is 5.97 Å². The van der Waals surface area contributed by atoms with Crippen molar-refractivity contribution < 1.29 is 9.53 Å². The largest absolute Gasteiger partial charge is 0.462 e. The lowest BCUT2D eigenvalue weighted by atomic mass is 9.96. The van der Waals surface area contributed by atoms with Gasteiger partial charge in [0.15, 0.2) is 0 Å². The Balaban J connectivity index is 3.39. The Hall–Kier alpha value is -0.790. The summed E-state index contributed by atoms with van der Waals surface area (Å²) in [6.07, 6.45) is 11.7. The van der Waals surface area contributed by atoms with Crippen molar-refractivity contribution in [2.24, 2.45) is 11.8 Å². The monoisotopic (exact) mass is 296 g/mol. The molecule has 2 atom stereocenters. The number of unbranched alkanes of at least 4 members (excludes halogenated alkanes) is 3. The zero-order chi connectivity index (χ0) is 16.1. The highest BCUT2D eigenvalue weighted by Crippen LogP contribution is 2.17. The number of rotatable bonds is 13. The Morgan fingerprint density at radius 1 is 0.952 bits per heavy atom. The number of carbonyl (C=O) groups is 1. The average Bonchev–Trinajstić information content (AvgIpc) is 2.42. The quantitative estimate of drug-likeness (QED) is 0.240. The van der Waals surface area contributed by atoms with Gasteiger partial charge in [0.2, 0.25) is 0 Å². The van der Waals surface area contributed by atoms with Crippen molar-refractivity contribution in [1.29, 1.82) is 0 Å². The lowest BCUT2D eigenvalue weighted by Gasteiger charge is -2.12. The van der Waals surface area contributed by atoms with Crippen molar-refractivity contribution in [3.8, 4) is 0 Å². The predicted molar refractivity (Wildman–Crippen MR) is 91.3 cm³/mol. The first-order valence-corrected chi connectivity index (χ1v) is 8.80. The van der Waals surface area contributed by atoms with Crippen LogP contribution in [0.25, 0.3) is 0 Å². The second kappa shape index (κ2) is 12.9. The Bertz CT molecular complexity index is 283. The lowest BCUT2D eigenvalue weighted by Crippen LogP contribution is -2.09. The molecule has 0 aromatic rings. The van der Waals surface area contributed by atoms with Crippen molar-refractivity contribution in [3.05, 3.63) is 12.2 Å². The van der Waals surface area contributed by atoms with Crippen LogP contribution in [0.1, 0.15) is 85.5 Å². The normalized spacial score (nSPS) is 13.7. The summed E-state index contributed by atoms with van der Waals surface area (Å²) in [4.78, 5) is 11.2. The molecule has 0 aliphatic heterocycles. The Morgan fingerprint density at radius 3 is 1.95 bits per heavy atom. The van der Waals surface area contributed by atoms with E-state index in [1.54, 1.807) is 6.92 Å². The first kappa shape index (κ1) is 20.2. The van der Waals surface area contributed by atoms with Gasteiger partial charge in [0.1, 0.15) is 0 Å². The fourth-order valence-corrected chi connectivity index (χ4v) is 2.60. The number of carbonyl (C=O) groups excluding carboxylic acids is 1. The van der Waals surface area contributed by atoms with Crippen molar-refractivity contribution in [3.63, 3.8) is 0 Å². The highest BCUT2D eigenvalue weighted by Gasteiger charge is 2.06. The molecule has 0 amide bonds. The molecule has 0 saturated carbocycles. The molecule has 0 saturated heterocycles. The van der Waals surface area contributed by atoms with E-state index in [0.29, 0.717) is 18.1 Å². The minimum absolute atomic E-state index is 0.261. The van der Waals surface area contributed by atoms with Crippen LogP contribution in [0.2, 0.25) is 0 Å². The topological polar surface area (TPSA) is 26.3 Å². The number of hydrogen-bond acceptors (Lipinski definition) is 2. The summed E-state index contributed by atoms with van der Waals surface area (Å²) in [7, 11) is 0. The molecule has 2 nitrogen and oxygen atoms in total. The predicted octanol–water partition coefficient (Wildman–Crippen LogP) is 5.91. The summed E-state index contributed by atoms with van der Waals surface area (Å²) in [6, 6.07) is 0. The van der Waals surface area contributed by atoms with Gasteiger partial charge in [-0.2, -0.15) is 0 Å². The van der Waals surface area contributed by atoms with Crippen LogP contribution in [0.3, 0.4) is 0 Å². The second-order valence-corrected chi connectivity index (χ2v) is 6.70. The minimum atomic E-state index is -0.261. The van der Waals surface area contributed by atoms with Crippen LogP contribution in [0.4, 0.5) is 0 Å². The van der Waals surface area contributed by atoms with E-state index in [1.165, 1.54) is 51.4 Å². The van der Waals surface area contributed by atoms with E-state index in [2.05, 4.69) is 27.4 Å². The summed E-state index contributed by atoms with van der Waals surface area (Å²) in [5.41, 5.74) is 0.486. The molecule has 0 aromatic heterocycles. The smallest absolute Gasteiger partial charge is 0.333 e. The van der Waals surface area contributed by atoms with E-state index in [9.17, 15) is 4.79 Å². The maximum absolute atomic E-state index is 11.2. The van der Waals surface area contributed by atoms with Gasteiger partial charge in [0, 0.05) is 5.57 Å². The van der Waals surface area contributed by atoms with Gasteiger partial charge in [-0.3, -0.25) is 0 Å². The molecule has 0 aliphatic rings. The molecule has 2 heteroatoms. The van der Waals surface area contributed by atoms with E-state index in [-0.39, 0.29) is 5.97 Å². The Labute approximate surface area is 132 Å². The third-order valence-electron chi connectivity index (χ3n) is 4.12. The fourth-order valence-electron chi connectivity index (χ4n) is 2.60. The molecule has 0 radical (unpaired) electrons. The molecule has 0 spiro atoms. The summed E-state index contributed by atoms with van der Waals surface area (Å²) < 4.78 is 5.13. The van der Waals surface area contributed by atoms with Gasteiger partial charge >= 0.3 is 5.97 Å². The van der Waals surface area contributed by atoms with Crippen molar-refractivity contribution in [2.75, 3.05) is 6.61 Å². The number of hydrogen-bond donors (Lipinski definition) is 0. The van der Waals surface area contributed by atoms with Crippen LogP contribution in [0, 0.1) is 11.8 Å². The molecule has 0 rings (SSSR count). The minimum Gasteiger partial charge on any atom is -0.462 e. The summed E-state index contributed by atoms with van der Waals surface area (Å²) in [6.45, 7) is 12.7. The van der Waals surface area contributed by atoms with E-state index < -0.39 is 0 Å². The lowest BCUT2D eigenvalue weighted by molar-refractivity contribution is -0.139. The molecule has 0 heterocycles. The van der Waals surface area contributed by atoms with Gasteiger partial charge in [0.05, 0.1) is 6.61 Å². The number of ether oxygens (including phenoxy) is 1. The van der Waals surface area contributed by atoms with E-state index in [1.807, 2.05) is 0 Å². The van der Waals surface area contributed by atoms with Crippen LogP contribution in [-0.2, 0) is 9.53 Å². The van der Waals surface area contributed by atoms with Crippen molar-refractivity contribution in [2.45, 2.75) is 85.5 Å². The zero-order valence-corrected chi connectivity index (χ0v) is 14.7. The number of esters is 1. The molecule has 0 N–H and O–H groups in total. The Kier molecular flexibility index (Phi) is 12.4. The molecular weight excluding hydrogens is 260 g/mol. The van der Waals surface area contributed by atoms with Crippen molar-refractivity contribution in [1.82, 2.24) is 0 Å². The summed E-state index contributed by atoms with van der Waals surface area (Å²) >= 11 is 0. The average molecular weight is 296 g/mol. The SMILES string of the molecule is C=C(C)C(=O)OCCC(C)CCCCCCC(C)CCC. The van der Waals surface area contributed by atoms with Gasteiger partial charge in [-0.15, -0.1) is 0 Å². The van der Waals surface area contributed by atoms with Gasteiger partial charge in [-0.25, -0.2) is 4.79 Å². The maximum Gasteiger partial charge on any atom is 0.333 e. The van der Waals surface area contributed by atoms with Gasteiger partial charge in [-0.05, 0) is 25.2 Å². The molecule has 0 bridgehead atoms. The van der Waals surface area contributed by atoms with Crippen LogP contribution >= 0.6 is 0 Å². The molecule has 0 aromatic carbocycles. The standard InChI is InChI=1S/C19H36O2/c1-6-11-17(4)12-9-7-8-10-13-18(5)14-15-21-19(20)16(2)3/h17-18H,2,6-15H2,1,3-5H3. The molecule has 124 valence electrons. The highest BCUT2D eigenvalue weighted by molar-refractivity contribution is 5.86. The summed E-state index contributed by atoms with van der Waals surface area (Å²) in [5.74, 6) is 1.28. The first-order valence-electron chi connectivity index (χ1n) is 8.80. The molecule has 21 heavy (non-hydrogen) atoms.